The van der Waals surface area contributed by atoms with Gasteiger partial charge < -0.3 is 5.32 Å². The van der Waals surface area contributed by atoms with Crippen LogP contribution >= 0.6 is 0 Å². The molecule has 0 saturated heterocycles. The smallest absolute Gasteiger partial charge is 0.158 e. The first kappa shape index (κ1) is 12.7. The number of H-pyrrole nitrogens is 1. The molecule has 0 unspecified atom stereocenters. The number of nitrogens with one attached hydrogen (secondary N) is 2. The molecule has 0 aliphatic carbocycles. The van der Waals surface area contributed by atoms with Crippen LogP contribution in [-0.2, 0) is 6.54 Å². The molecular weight excluding hydrogens is 252 g/mol. The third-order valence-corrected chi connectivity index (χ3v) is 3.34. The van der Waals surface area contributed by atoms with Crippen molar-refractivity contribution < 1.29 is 0 Å². The van der Waals surface area contributed by atoms with E-state index in [1.807, 2.05) is 30.2 Å². The van der Waals surface area contributed by atoms with Crippen LogP contribution in [0.3, 0.4) is 0 Å². The van der Waals surface area contributed by atoms with Gasteiger partial charge in [-0.2, -0.15) is 10.2 Å². The summed E-state index contributed by atoms with van der Waals surface area (Å²) < 4.78 is 1.93. The number of aryl methyl sites for hydroxylation is 1. The number of hydrogen-bond acceptors (Lipinski definition) is 4. The molecule has 0 radical (unpaired) electrons. The third-order valence-electron chi connectivity index (χ3n) is 3.34. The largest absolute Gasteiger partial charge is 0.380 e. The first-order chi connectivity index (χ1) is 9.65. The number of pyridine rings is 1. The van der Waals surface area contributed by atoms with Crippen molar-refractivity contribution >= 4 is 16.7 Å². The fourth-order valence-corrected chi connectivity index (χ4v) is 2.17. The summed E-state index contributed by atoms with van der Waals surface area (Å²) in [5.74, 6) is 0. The van der Waals surface area contributed by atoms with Crippen molar-refractivity contribution in [3.63, 3.8) is 0 Å². The lowest BCUT2D eigenvalue weighted by Crippen LogP contribution is -2.04. The van der Waals surface area contributed by atoms with Crippen molar-refractivity contribution in [2.75, 3.05) is 5.32 Å². The van der Waals surface area contributed by atoms with Crippen molar-refractivity contribution in [3.05, 3.63) is 35.9 Å². The predicted octanol–water partition coefficient (Wildman–Crippen LogP) is 2.66. The van der Waals surface area contributed by atoms with Gasteiger partial charge in [-0.15, -0.1) is 0 Å². The average Bonchev–Trinajstić information content (AvgIpc) is 3.02. The maximum Gasteiger partial charge on any atom is 0.158 e. The van der Waals surface area contributed by atoms with Crippen LogP contribution < -0.4 is 5.32 Å². The van der Waals surface area contributed by atoms with E-state index in [1.165, 1.54) is 0 Å². The van der Waals surface area contributed by atoms with Crippen LogP contribution in [0.15, 0.2) is 24.7 Å². The van der Waals surface area contributed by atoms with E-state index in [2.05, 4.69) is 45.5 Å². The SMILES string of the molecule is Cc1[nH]ncc1CNc1cnc2c(cnn2C(C)C)c1. The summed E-state index contributed by atoms with van der Waals surface area (Å²) in [7, 11) is 0. The molecular formula is C14H18N6. The van der Waals surface area contributed by atoms with Gasteiger partial charge in [0.15, 0.2) is 5.65 Å². The van der Waals surface area contributed by atoms with Crippen molar-refractivity contribution in [2.24, 2.45) is 0 Å². The number of aromatic nitrogens is 5. The fraction of sp³-hybridized carbons (Fsp3) is 0.357. The zero-order valence-corrected chi connectivity index (χ0v) is 11.9. The maximum atomic E-state index is 4.50. The van der Waals surface area contributed by atoms with Gasteiger partial charge in [-0.05, 0) is 26.8 Å². The molecule has 3 heterocycles. The van der Waals surface area contributed by atoms with Crippen molar-refractivity contribution in [1.82, 2.24) is 25.0 Å². The van der Waals surface area contributed by atoms with Gasteiger partial charge in [0.25, 0.3) is 0 Å². The van der Waals surface area contributed by atoms with Crippen LogP contribution in [0.25, 0.3) is 11.0 Å². The van der Waals surface area contributed by atoms with E-state index in [0.717, 1.165) is 34.5 Å². The Kier molecular flexibility index (Phi) is 3.14. The maximum absolute atomic E-state index is 4.50. The highest BCUT2D eigenvalue weighted by Gasteiger charge is 2.08. The highest BCUT2D eigenvalue weighted by atomic mass is 15.3. The molecule has 0 aliphatic heterocycles. The molecule has 2 N–H and O–H groups in total. The van der Waals surface area contributed by atoms with Crippen LogP contribution in [0.1, 0.15) is 31.1 Å². The highest BCUT2D eigenvalue weighted by Crippen LogP contribution is 2.19. The number of fused-ring (bicyclic) bond motifs is 1. The Morgan fingerprint density at radius 3 is 2.85 bits per heavy atom. The normalized spacial score (nSPS) is 11.4. The minimum atomic E-state index is 0.312. The number of hydrogen-bond donors (Lipinski definition) is 2. The minimum absolute atomic E-state index is 0.312. The predicted molar refractivity (Wildman–Crippen MR) is 78.6 cm³/mol. The molecule has 0 spiro atoms. The van der Waals surface area contributed by atoms with Gasteiger partial charge in [-0.1, -0.05) is 0 Å². The number of aromatic amines is 1. The minimum Gasteiger partial charge on any atom is -0.380 e. The van der Waals surface area contributed by atoms with E-state index >= 15 is 0 Å². The van der Waals surface area contributed by atoms with Gasteiger partial charge in [0.2, 0.25) is 0 Å². The Morgan fingerprint density at radius 2 is 2.15 bits per heavy atom. The van der Waals surface area contributed by atoms with Gasteiger partial charge in [0, 0.05) is 29.2 Å². The van der Waals surface area contributed by atoms with Gasteiger partial charge in [-0.25, -0.2) is 9.67 Å². The lowest BCUT2D eigenvalue weighted by molar-refractivity contribution is 0.546. The van der Waals surface area contributed by atoms with E-state index in [9.17, 15) is 0 Å². The molecule has 0 fully saturated rings. The number of nitrogens with zero attached hydrogens (tertiary/aromatic N) is 4. The van der Waals surface area contributed by atoms with Gasteiger partial charge in [0.1, 0.15) is 0 Å². The summed E-state index contributed by atoms with van der Waals surface area (Å²) in [5.41, 5.74) is 4.15. The van der Waals surface area contributed by atoms with Crippen LogP contribution in [0.4, 0.5) is 5.69 Å². The topological polar surface area (TPSA) is 71.4 Å². The van der Waals surface area contributed by atoms with Gasteiger partial charge in [0.05, 0.1) is 24.3 Å². The molecule has 104 valence electrons. The second-order valence-corrected chi connectivity index (χ2v) is 5.19. The summed E-state index contributed by atoms with van der Waals surface area (Å²) in [4.78, 5) is 4.50. The summed E-state index contributed by atoms with van der Waals surface area (Å²) in [6.45, 7) is 6.94. The zero-order chi connectivity index (χ0) is 14.1. The molecule has 3 rings (SSSR count). The average molecular weight is 270 g/mol. The monoisotopic (exact) mass is 270 g/mol. The van der Waals surface area contributed by atoms with Crippen molar-refractivity contribution in [3.8, 4) is 0 Å². The lowest BCUT2D eigenvalue weighted by Gasteiger charge is -2.08. The van der Waals surface area contributed by atoms with Crippen LogP contribution in [-0.4, -0.2) is 25.0 Å². The van der Waals surface area contributed by atoms with E-state index in [-0.39, 0.29) is 0 Å². The summed E-state index contributed by atoms with van der Waals surface area (Å²) in [6, 6.07) is 2.39. The van der Waals surface area contributed by atoms with Gasteiger partial charge in [-0.3, -0.25) is 5.10 Å². The molecule has 0 saturated carbocycles. The standard InChI is InChI=1S/C14H18N6/c1-9(2)20-14-11(7-18-20)4-13(8-16-14)15-5-12-6-17-19-10(12)3/h4,6-9,15H,5H2,1-3H3,(H,17,19). The Balaban J connectivity index is 1.81. The summed E-state index contributed by atoms with van der Waals surface area (Å²) >= 11 is 0. The van der Waals surface area contributed by atoms with Crippen molar-refractivity contribution in [2.45, 2.75) is 33.4 Å². The highest BCUT2D eigenvalue weighted by molar-refractivity contribution is 5.78. The first-order valence-electron chi connectivity index (χ1n) is 6.71. The van der Waals surface area contributed by atoms with E-state index in [0.29, 0.717) is 6.04 Å². The molecule has 0 amide bonds. The zero-order valence-electron chi connectivity index (χ0n) is 11.9. The van der Waals surface area contributed by atoms with Crippen LogP contribution in [0.2, 0.25) is 0 Å². The Bertz CT molecular complexity index is 724. The Labute approximate surface area is 117 Å². The van der Waals surface area contributed by atoms with Crippen LogP contribution in [0.5, 0.6) is 0 Å². The quantitative estimate of drug-likeness (QED) is 0.764. The first-order valence-corrected chi connectivity index (χ1v) is 6.71. The molecule has 0 bridgehead atoms. The van der Waals surface area contributed by atoms with Crippen LogP contribution in [0, 0.1) is 6.92 Å². The molecule has 0 atom stereocenters. The second-order valence-electron chi connectivity index (χ2n) is 5.19. The lowest BCUT2D eigenvalue weighted by atomic mass is 10.2. The summed E-state index contributed by atoms with van der Waals surface area (Å²) in [6.07, 6.45) is 5.54. The molecule has 0 aromatic carbocycles. The third kappa shape index (κ3) is 2.24. The molecule has 3 aromatic rings. The molecule has 0 aliphatic rings. The fourth-order valence-electron chi connectivity index (χ4n) is 2.17. The van der Waals surface area contributed by atoms with E-state index < -0.39 is 0 Å². The van der Waals surface area contributed by atoms with Crippen molar-refractivity contribution in [1.29, 1.82) is 0 Å². The molecule has 20 heavy (non-hydrogen) atoms. The molecule has 6 heteroatoms. The van der Waals surface area contributed by atoms with E-state index in [1.54, 1.807) is 0 Å². The Hall–Kier alpha value is -2.37. The number of anilines is 1. The Morgan fingerprint density at radius 1 is 1.30 bits per heavy atom. The molecule has 3 aromatic heterocycles. The second kappa shape index (κ2) is 4.96. The van der Waals surface area contributed by atoms with E-state index in [4.69, 9.17) is 0 Å². The number of rotatable bonds is 4. The molecule has 6 nitrogen and oxygen atoms in total. The van der Waals surface area contributed by atoms with Gasteiger partial charge >= 0.3 is 0 Å². The summed E-state index contributed by atoms with van der Waals surface area (Å²) in [5, 5.41) is 15.7.